The van der Waals surface area contributed by atoms with Gasteiger partial charge in [0.05, 0.1) is 22.0 Å². The molecule has 0 aromatic rings. The van der Waals surface area contributed by atoms with E-state index >= 15 is 0 Å². The number of fused-ring (bicyclic) bond motifs is 1. The zero-order valence-electron chi connectivity index (χ0n) is 18.2. The van der Waals surface area contributed by atoms with Crippen LogP contribution in [0.2, 0.25) is 18.1 Å². The highest BCUT2D eigenvalue weighted by molar-refractivity contribution is 8.23. The number of carbonyl (C=O) groups is 3. The monoisotopic (exact) mass is 457 g/mol. The van der Waals surface area contributed by atoms with E-state index in [1.807, 2.05) is 6.92 Å². The van der Waals surface area contributed by atoms with Crippen LogP contribution in [0.15, 0.2) is 22.6 Å². The van der Waals surface area contributed by atoms with Gasteiger partial charge in [0, 0.05) is 0 Å². The van der Waals surface area contributed by atoms with Gasteiger partial charge in [-0.2, -0.15) is 0 Å². The molecule has 0 aromatic carbocycles. The highest BCUT2D eigenvalue weighted by atomic mass is 32.2. The summed E-state index contributed by atoms with van der Waals surface area (Å²) in [5.41, 5.74) is 0.244. The fourth-order valence-corrected chi connectivity index (χ4v) is 7.05. The van der Waals surface area contributed by atoms with Crippen molar-refractivity contribution in [2.45, 2.75) is 64.2 Å². The first-order valence-electron chi connectivity index (χ1n) is 9.64. The molecule has 0 radical (unpaired) electrons. The maximum absolute atomic E-state index is 13.0. The second-order valence-corrected chi connectivity index (χ2v) is 16.0. The summed E-state index contributed by atoms with van der Waals surface area (Å²) < 4.78 is 12.3. The molecule has 6 nitrogen and oxygen atoms in total. The molecule has 2 aliphatic heterocycles. The van der Waals surface area contributed by atoms with E-state index in [9.17, 15) is 14.4 Å². The van der Waals surface area contributed by atoms with Crippen LogP contribution in [-0.4, -0.2) is 54.7 Å². The molecular formula is C20H31NO5S2Si. The van der Waals surface area contributed by atoms with Crippen molar-refractivity contribution in [3.05, 3.63) is 22.6 Å². The molecule has 1 saturated heterocycles. The quantitative estimate of drug-likeness (QED) is 0.223. The number of Topliss-reactive ketones (excluding diaryl/α,β-unsaturated/α-hetero) is 1. The van der Waals surface area contributed by atoms with E-state index < -0.39 is 14.3 Å². The minimum absolute atomic E-state index is 0.00802. The van der Waals surface area contributed by atoms with Crippen LogP contribution in [0.5, 0.6) is 0 Å². The van der Waals surface area contributed by atoms with Crippen LogP contribution in [0.3, 0.4) is 0 Å². The van der Waals surface area contributed by atoms with Crippen LogP contribution in [-0.2, 0) is 23.5 Å². The molecular weight excluding hydrogens is 426 g/mol. The first-order chi connectivity index (χ1) is 13.3. The largest absolute Gasteiger partial charge is 0.457 e. The van der Waals surface area contributed by atoms with E-state index in [4.69, 9.17) is 9.16 Å². The van der Waals surface area contributed by atoms with Crippen molar-refractivity contribution in [1.29, 1.82) is 0 Å². The Hall–Kier alpha value is -1.03. The molecule has 1 fully saturated rings. The number of ketones is 1. The molecule has 0 spiro atoms. The average molecular weight is 458 g/mol. The van der Waals surface area contributed by atoms with Crippen molar-refractivity contribution in [1.82, 2.24) is 4.90 Å². The summed E-state index contributed by atoms with van der Waals surface area (Å²) in [6.45, 7) is 17.9. The molecule has 3 atom stereocenters. The Balaban J connectivity index is 2.20. The Labute approximate surface area is 183 Å². The molecule has 2 aliphatic rings. The summed E-state index contributed by atoms with van der Waals surface area (Å²) >= 11 is 2.73. The van der Waals surface area contributed by atoms with Gasteiger partial charge in [0.2, 0.25) is 5.91 Å². The molecule has 2 rings (SSSR count). The van der Waals surface area contributed by atoms with Crippen molar-refractivity contribution in [3.8, 4) is 0 Å². The lowest BCUT2D eigenvalue weighted by Crippen LogP contribution is -2.62. The van der Waals surface area contributed by atoms with Crippen LogP contribution in [0.4, 0.5) is 0 Å². The van der Waals surface area contributed by atoms with Gasteiger partial charge in [-0.15, -0.1) is 11.8 Å². The van der Waals surface area contributed by atoms with Gasteiger partial charge < -0.3 is 9.16 Å². The maximum atomic E-state index is 13.0. The molecule has 0 bridgehead atoms. The Morgan fingerprint density at radius 3 is 2.52 bits per heavy atom. The Morgan fingerprint density at radius 2 is 2.00 bits per heavy atom. The Morgan fingerprint density at radius 1 is 1.38 bits per heavy atom. The van der Waals surface area contributed by atoms with Crippen LogP contribution in [0, 0.1) is 5.92 Å². The smallest absolute Gasteiger partial charge is 0.357 e. The number of hydrogen-bond donors (Lipinski definition) is 0. The van der Waals surface area contributed by atoms with Gasteiger partial charge in [-0.1, -0.05) is 45.2 Å². The van der Waals surface area contributed by atoms with E-state index in [0.717, 1.165) is 0 Å². The van der Waals surface area contributed by atoms with Gasteiger partial charge in [0.25, 0.3) is 0 Å². The third-order valence-electron chi connectivity index (χ3n) is 5.47. The third-order valence-corrected chi connectivity index (χ3v) is 12.8. The molecule has 9 heteroatoms. The summed E-state index contributed by atoms with van der Waals surface area (Å²) in [6.07, 6.45) is 1.23. The molecule has 2 heterocycles. The van der Waals surface area contributed by atoms with Gasteiger partial charge in [-0.05, 0) is 32.0 Å². The number of β-lactam (4-membered cyclic amide) rings is 1. The molecule has 0 N–H and O–H groups in total. The molecule has 0 aliphatic carbocycles. The maximum Gasteiger partial charge on any atom is 0.357 e. The molecule has 162 valence electrons. The van der Waals surface area contributed by atoms with E-state index in [1.165, 1.54) is 41.4 Å². The van der Waals surface area contributed by atoms with Crippen LogP contribution < -0.4 is 0 Å². The predicted octanol–water partition coefficient (Wildman–Crippen LogP) is 4.15. The van der Waals surface area contributed by atoms with Crippen LogP contribution >= 0.6 is 23.5 Å². The third kappa shape index (κ3) is 5.00. The minimum Gasteiger partial charge on any atom is -0.457 e. The number of amides is 1. The van der Waals surface area contributed by atoms with E-state index in [2.05, 4.69) is 40.4 Å². The number of hydrogen-bond acceptors (Lipinski definition) is 7. The fourth-order valence-electron chi connectivity index (χ4n) is 2.92. The standard InChI is InChI=1S/C20H31NO5S2Si/c1-9-10-25-18(24)15-19(27-11-12(2)22)28-17-14(16(23)21(15)17)13(3)26-29(7,8)20(4,5)6/h9,13-14,17H,1,10-11H2,2-8H3/t13-,14+,17-/m1/s1. The van der Waals surface area contributed by atoms with Crippen molar-refractivity contribution < 1.29 is 23.5 Å². The number of esters is 1. The van der Waals surface area contributed by atoms with Crippen LogP contribution in [0.25, 0.3) is 0 Å². The van der Waals surface area contributed by atoms with E-state index in [0.29, 0.717) is 4.24 Å². The zero-order valence-corrected chi connectivity index (χ0v) is 20.9. The highest BCUT2D eigenvalue weighted by Crippen LogP contribution is 2.54. The molecule has 1 amide bonds. The predicted molar refractivity (Wildman–Crippen MR) is 121 cm³/mol. The summed E-state index contributed by atoms with van der Waals surface area (Å²) in [7, 11) is -2.04. The fraction of sp³-hybridized carbons (Fsp3) is 0.650. The Bertz CT molecular complexity index is 744. The Kier molecular flexibility index (Phi) is 7.52. The first-order valence-corrected chi connectivity index (χ1v) is 14.4. The van der Waals surface area contributed by atoms with Gasteiger partial charge in [-0.3, -0.25) is 14.5 Å². The summed E-state index contributed by atoms with van der Waals surface area (Å²) in [5, 5.41) is -0.167. The normalized spacial score (nSPS) is 22.9. The summed E-state index contributed by atoms with van der Waals surface area (Å²) in [5.74, 6) is -0.760. The lowest BCUT2D eigenvalue weighted by atomic mass is 9.92. The molecule has 0 saturated carbocycles. The lowest BCUT2D eigenvalue weighted by molar-refractivity contribution is -0.157. The molecule has 0 unspecified atom stereocenters. The van der Waals surface area contributed by atoms with Crippen LogP contribution in [0.1, 0.15) is 34.6 Å². The lowest BCUT2D eigenvalue weighted by Gasteiger charge is -2.48. The zero-order chi connectivity index (χ0) is 22.1. The molecule has 29 heavy (non-hydrogen) atoms. The van der Waals surface area contributed by atoms with E-state index in [1.54, 1.807) is 0 Å². The van der Waals surface area contributed by atoms with E-state index in [-0.39, 0.29) is 52.2 Å². The minimum atomic E-state index is -2.04. The second-order valence-electron chi connectivity index (χ2n) is 8.84. The SMILES string of the molecule is C=CCOC(=O)C1=C(SCC(C)=O)S[C@@H]2[C@@H]([C@@H](C)O[Si](C)(C)C(C)(C)C)C(=O)N12. The van der Waals surface area contributed by atoms with Crippen molar-refractivity contribution in [2.24, 2.45) is 5.92 Å². The topological polar surface area (TPSA) is 72.9 Å². The average Bonchev–Trinajstić information content (AvgIpc) is 2.90. The number of carbonyl (C=O) groups excluding carboxylic acids is 3. The number of ether oxygens (including phenoxy) is 1. The first kappa shape index (κ1) is 24.2. The van der Waals surface area contributed by atoms with Crippen molar-refractivity contribution >= 4 is 49.5 Å². The van der Waals surface area contributed by atoms with Gasteiger partial charge in [-0.25, -0.2) is 4.79 Å². The van der Waals surface area contributed by atoms with Gasteiger partial charge >= 0.3 is 5.97 Å². The number of thioether (sulfide) groups is 2. The van der Waals surface area contributed by atoms with Gasteiger partial charge in [0.15, 0.2) is 14.0 Å². The highest BCUT2D eigenvalue weighted by Gasteiger charge is 2.59. The van der Waals surface area contributed by atoms with Crippen molar-refractivity contribution in [2.75, 3.05) is 12.4 Å². The summed E-state index contributed by atoms with van der Waals surface area (Å²) in [6, 6.07) is 0. The summed E-state index contributed by atoms with van der Waals surface area (Å²) in [4.78, 5) is 38.5. The second kappa shape index (κ2) is 8.99. The number of rotatable bonds is 9. The van der Waals surface area contributed by atoms with Gasteiger partial charge in [0.1, 0.15) is 17.8 Å². The number of nitrogens with zero attached hydrogens (tertiary/aromatic N) is 1. The van der Waals surface area contributed by atoms with Crippen molar-refractivity contribution in [3.63, 3.8) is 0 Å². The molecule has 0 aromatic heterocycles.